The number of carbonyl (C=O) groups excluding carboxylic acids is 1. The van der Waals surface area contributed by atoms with E-state index in [-0.39, 0.29) is 22.5 Å². The number of methoxy groups -OCH3 is 2. The number of fused-ring (bicyclic) bond motifs is 1. The van der Waals surface area contributed by atoms with Crippen molar-refractivity contribution in [2.45, 2.75) is 0 Å². The Morgan fingerprint density at radius 2 is 1.71 bits per heavy atom. The fourth-order valence-electron chi connectivity index (χ4n) is 3.14. The van der Waals surface area contributed by atoms with Gasteiger partial charge in [-0.05, 0) is 64.0 Å². The summed E-state index contributed by atoms with van der Waals surface area (Å²) in [6, 6.07) is 16.9. The van der Waals surface area contributed by atoms with Crippen molar-refractivity contribution in [3.63, 3.8) is 0 Å². The lowest BCUT2D eigenvalue weighted by molar-refractivity contribution is -0.128. The third-order valence-corrected chi connectivity index (χ3v) is 5.46. The molecule has 0 saturated heterocycles. The van der Waals surface area contributed by atoms with Crippen LogP contribution in [0.4, 0.5) is 0 Å². The molecule has 0 fully saturated rings. The second-order valence-electron chi connectivity index (χ2n) is 6.99. The van der Waals surface area contributed by atoms with Crippen molar-refractivity contribution in [1.82, 2.24) is 0 Å². The van der Waals surface area contributed by atoms with E-state index in [1.807, 2.05) is 6.07 Å². The molecule has 8 heteroatoms. The van der Waals surface area contributed by atoms with E-state index >= 15 is 0 Å². The standard InChI is InChI=1S/C26H19BrO7/c1-30-21-11-7-16(13-23(21)31-2)8-12-25(28)33-17-9-10-18-22(14-17)32-15-24(26(18)29)34-20-6-4-3-5-19(20)27/h3-15H,1-2H3. The summed E-state index contributed by atoms with van der Waals surface area (Å²) in [6.45, 7) is 0. The summed E-state index contributed by atoms with van der Waals surface area (Å²) in [6.07, 6.45) is 4.11. The highest BCUT2D eigenvalue weighted by Crippen LogP contribution is 2.30. The third kappa shape index (κ3) is 5.13. The maximum absolute atomic E-state index is 12.8. The van der Waals surface area contributed by atoms with Crippen molar-refractivity contribution < 1.29 is 28.2 Å². The van der Waals surface area contributed by atoms with E-state index in [9.17, 15) is 9.59 Å². The Morgan fingerprint density at radius 1 is 0.912 bits per heavy atom. The first-order valence-electron chi connectivity index (χ1n) is 10.1. The third-order valence-electron chi connectivity index (χ3n) is 4.81. The lowest BCUT2D eigenvalue weighted by Gasteiger charge is -2.08. The first-order chi connectivity index (χ1) is 16.5. The largest absolute Gasteiger partial charge is 0.493 e. The van der Waals surface area contributed by atoms with Crippen LogP contribution in [0, 0.1) is 0 Å². The summed E-state index contributed by atoms with van der Waals surface area (Å²) in [7, 11) is 3.08. The predicted octanol–water partition coefficient (Wildman–Crippen LogP) is 5.98. The molecule has 3 aromatic carbocycles. The van der Waals surface area contributed by atoms with Crippen LogP contribution in [0.25, 0.3) is 17.0 Å². The summed E-state index contributed by atoms with van der Waals surface area (Å²) >= 11 is 3.38. The number of rotatable bonds is 7. The molecule has 0 N–H and O–H groups in total. The van der Waals surface area contributed by atoms with Crippen LogP contribution in [-0.4, -0.2) is 20.2 Å². The topological polar surface area (TPSA) is 84.2 Å². The van der Waals surface area contributed by atoms with Crippen LogP contribution in [0.3, 0.4) is 0 Å². The summed E-state index contributed by atoms with van der Waals surface area (Å²) in [5.74, 6) is 1.31. The number of esters is 1. The van der Waals surface area contributed by atoms with Crippen molar-refractivity contribution in [2.75, 3.05) is 14.2 Å². The van der Waals surface area contributed by atoms with Crippen LogP contribution in [-0.2, 0) is 4.79 Å². The quantitative estimate of drug-likeness (QED) is 0.167. The van der Waals surface area contributed by atoms with E-state index in [2.05, 4.69) is 15.9 Å². The normalized spacial score (nSPS) is 10.9. The first-order valence-corrected chi connectivity index (χ1v) is 10.9. The maximum atomic E-state index is 12.8. The smallest absolute Gasteiger partial charge is 0.336 e. The Bertz CT molecular complexity index is 1440. The van der Waals surface area contributed by atoms with Gasteiger partial charge in [-0.3, -0.25) is 4.79 Å². The minimum atomic E-state index is -0.592. The van der Waals surface area contributed by atoms with Gasteiger partial charge in [0.1, 0.15) is 23.3 Å². The molecule has 0 aliphatic rings. The van der Waals surface area contributed by atoms with Gasteiger partial charge in [-0.25, -0.2) is 4.79 Å². The monoisotopic (exact) mass is 522 g/mol. The van der Waals surface area contributed by atoms with Crippen molar-refractivity contribution in [1.29, 1.82) is 0 Å². The molecule has 1 aromatic heterocycles. The highest BCUT2D eigenvalue weighted by atomic mass is 79.9. The molecule has 4 rings (SSSR count). The minimum Gasteiger partial charge on any atom is -0.493 e. The average molecular weight is 523 g/mol. The second-order valence-corrected chi connectivity index (χ2v) is 7.84. The molecule has 0 aliphatic carbocycles. The molecule has 0 saturated carbocycles. The number of halogens is 1. The van der Waals surface area contributed by atoms with Crippen molar-refractivity contribution in [3.8, 4) is 28.7 Å². The molecule has 0 unspecified atom stereocenters. The van der Waals surface area contributed by atoms with Crippen LogP contribution < -0.4 is 24.4 Å². The average Bonchev–Trinajstić information content (AvgIpc) is 2.85. The van der Waals surface area contributed by atoms with E-state index in [1.165, 1.54) is 37.6 Å². The van der Waals surface area contributed by atoms with E-state index in [0.717, 1.165) is 5.56 Å². The highest BCUT2D eigenvalue weighted by Gasteiger charge is 2.12. The molecule has 34 heavy (non-hydrogen) atoms. The summed E-state index contributed by atoms with van der Waals surface area (Å²) in [5.41, 5.74) is 0.651. The van der Waals surface area contributed by atoms with Crippen molar-refractivity contribution >= 4 is 38.9 Å². The number of benzene rings is 3. The molecule has 7 nitrogen and oxygen atoms in total. The summed E-state index contributed by atoms with van der Waals surface area (Å²) in [4.78, 5) is 25.1. The van der Waals surface area contributed by atoms with Gasteiger partial charge >= 0.3 is 5.97 Å². The van der Waals surface area contributed by atoms with E-state index in [1.54, 1.807) is 49.6 Å². The van der Waals surface area contributed by atoms with E-state index in [0.29, 0.717) is 27.1 Å². The Labute approximate surface area is 203 Å². The van der Waals surface area contributed by atoms with Gasteiger partial charge in [0, 0.05) is 12.1 Å². The first kappa shape index (κ1) is 23.1. The number of hydrogen-bond acceptors (Lipinski definition) is 7. The SMILES string of the molecule is COc1ccc(C=CC(=O)Oc2ccc3c(=O)c(Oc4ccccc4Br)coc3c2)cc1OC. The molecule has 0 atom stereocenters. The van der Waals surface area contributed by atoms with Gasteiger partial charge in [-0.15, -0.1) is 0 Å². The van der Waals surface area contributed by atoms with Gasteiger partial charge in [0.2, 0.25) is 11.2 Å². The van der Waals surface area contributed by atoms with Crippen LogP contribution in [0.15, 0.2) is 86.7 Å². The lowest BCUT2D eigenvalue weighted by Crippen LogP contribution is -2.06. The minimum absolute atomic E-state index is 0.0435. The van der Waals surface area contributed by atoms with Crippen LogP contribution >= 0.6 is 15.9 Å². The molecule has 172 valence electrons. The van der Waals surface area contributed by atoms with Crippen molar-refractivity contribution in [3.05, 3.63) is 93.3 Å². The van der Waals surface area contributed by atoms with Gasteiger partial charge in [0.05, 0.1) is 24.1 Å². The molecule has 4 aromatic rings. The van der Waals surface area contributed by atoms with Gasteiger partial charge in [0.25, 0.3) is 0 Å². The van der Waals surface area contributed by atoms with Crippen LogP contribution in [0.2, 0.25) is 0 Å². The fraction of sp³-hybridized carbons (Fsp3) is 0.0769. The van der Waals surface area contributed by atoms with Crippen molar-refractivity contribution in [2.24, 2.45) is 0 Å². The molecule has 0 spiro atoms. The van der Waals surface area contributed by atoms with E-state index < -0.39 is 5.97 Å². The molecule has 0 bridgehead atoms. The van der Waals surface area contributed by atoms with Crippen LogP contribution in [0.1, 0.15) is 5.56 Å². The van der Waals surface area contributed by atoms with Gasteiger partial charge in [0.15, 0.2) is 11.5 Å². The number of hydrogen-bond donors (Lipinski definition) is 0. The number of para-hydroxylation sites is 1. The molecule has 0 aliphatic heterocycles. The fourth-order valence-corrected chi connectivity index (χ4v) is 3.51. The zero-order valence-corrected chi connectivity index (χ0v) is 19.8. The summed E-state index contributed by atoms with van der Waals surface area (Å²) < 4.78 is 27.7. The predicted molar refractivity (Wildman–Crippen MR) is 131 cm³/mol. The Morgan fingerprint density at radius 3 is 2.47 bits per heavy atom. The number of carbonyl (C=O) groups is 1. The second kappa shape index (κ2) is 10.3. The van der Waals surface area contributed by atoms with Gasteiger partial charge in [-0.1, -0.05) is 18.2 Å². The zero-order valence-electron chi connectivity index (χ0n) is 18.2. The molecular formula is C26H19BrO7. The number of ether oxygens (including phenoxy) is 4. The lowest BCUT2D eigenvalue weighted by atomic mass is 10.2. The molecular weight excluding hydrogens is 504 g/mol. The highest BCUT2D eigenvalue weighted by molar-refractivity contribution is 9.10. The zero-order chi connectivity index (χ0) is 24.1. The Hall–Kier alpha value is -4.04. The van der Waals surface area contributed by atoms with Gasteiger partial charge in [-0.2, -0.15) is 0 Å². The maximum Gasteiger partial charge on any atom is 0.336 e. The molecule has 0 amide bonds. The molecule has 1 heterocycles. The van der Waals surface area contributed by atoms with Crippen LogP contribution in [0.5, 0.6) is 28.7 Å². The molecule has 0 radical (unpaired) electrons. The summed E-state index contributed by atoms with van der Waals surface area (Å²) in [5, 5.41) is 0.297. The van der Waals surface area contributed by atoms with Gasteiger partial charge < -0.3 is 23.4 Å². The Balaban J connectivity index is 1.49. The Kier molecular flexibility index (Phi) is 6.98. The van der Waals surface area contributed by atoms with E-state index in [4.69, 9.17) is 23.4 Å².